The lowest BCUT2D eigenvalue weighted by Crippen LogP contribution is -2.26. The smallest absolute Gasteiger partial charge is 0.347 e. The van der Waals surface area contributed by atoms with Gasteiger partial charge in [-0.2, -0.15) is 4.89 Å². The fourth-order valence-corrected chi connectivity index (χ4v) is 0.794. The molecule has 1 aromatic heterocycles. The Labute approximate surface area is 92.7 Å². The summed E-state index contributed by atoms with van der Waals surface area (Å²) >= 11 is 0. The summed E-state index contributed by atoms with van der Waals surface area (Å²) in [6.07, 6.45) is 2.88. The summed E-state index contributed by atoms with van der Waals surface area (Å²) in [5, 5.41) is 0. The summed E-state index contributed by atoms with van der Waals surface area (Å²) < 4.78 is 0. The topological polar surface area (TPSA) is 68.7 Å². The van der Waals surface area contributed by atoms with Crippen LogP contribution in [0, 0.1) is 0 Å². The van der Waals surface area contributed by atoms with Crippen LogP contribution in [0.2, 0.25) is 0 Å². The molecule has 86 valence electrons. The number of carbonyl (C=O) groups excluding carboxylic acids is 2. The molecular formula is C10H12N2O4. The molecule has 1 aromatic rings. The first-order valence-corrected chi connectivity index (χ1v) is 4.55. The molecule has 1 rings (SSSR count). The summed E-state index contributed by atoms with van der Waals surface area (Å²) in [5.41, 5.74) is 0.264. The molecule has 0 N–H and O–H groups in total. The molecule has 0 spiro atoms. The van der Waals surface area contributed by atoms with Crippen LogP contribution in [-0.2, 0) is 14.6 Å². The molecule has 16 heavy (non-hydrogen) atoms. The molecule has 0 bridgehead atoms. The van der Waals surface area contributed by atoms with Crippen molar-refractivity contribution < 1.29 is 19.4 Å². The van der Waals surface area contributed by atoms with Crippen molar-refractivity contribution in [2.45, 2.75) is 0 Å². The third kappa shape index (κ3) is 3.66. The second kappa shape index (κ2) is 5.82. The van der Waals surface area contributed by atoms with Crippen LogP contribution in [0.3, 0.4) is 0 Å². The van der Waals surface area contributed by atoms with Crippen LogP contribution >= 0.6 is 0 Å². The number of rotatable bonds is 4. The third-order valence-electron chi connectivity index (χ3n) is 1.71. The van der Waals surface area contributed by atoms with Crippen molar-refractivity contribution in [2.24, 2.45) is 0 Å². The molecule has 0 radical (unpaired) electrons. The molecule has 0 aliphatic heterocycles. The first-order valence-electron chi connectivity index (χ1n) is 4.55. The standard InChI is InChI=1S/C10H12N2O4/c1-12(2)9(13)7-15-16-10(14)8-4-3-5-11-6-8/h3-6H,7H2,1-2H3. The number of carbonyl (C=O) groups is 2. The minimum Gasteiger partial charge on any atom is -0.347 e. The van der Waals surface area contributed by atoms with Crippen LogP contribution < -0.4 is 0 Å². The molecule has 0 saturated carbocycles. The highest BCUT2D eigenvalue weighted by molar-refractivity contribution is 5.88. The molecule has 0 aromatic carbocycles. The Morgan fingerprint density at radius 3 is 2.75 bits per heavy atom. The van der Waals surface area contributed by atoms with Gasteiger partial charge in [0.15, 0.2) is 6.61 Å². The van der Waals surface area contributed by atoms with Gasteiger partial charge < -0.3 is 4.90 Å². The molecule has 0 saturated heterocycles. The van der Waals surface area contributed by atoms with E-state index in [0.29, 0.717) is 0 Å². The minimum atomic E-state index is -0.681. The van der Waals surface area contributed by atoms with Crippen LogP contribution in [0.15, 0.2) is 24.5 Å². The fraction of sp³-hybridized carbons (Fsp3) is 0.300. The monoisotopic (exact) mass is 224 g/mol. The first kappa shape index (κ1) is 12.1. The Kier molecular flexibility index (Phi) is 4.41. The Hall–Kier alpha value is -1.95. The number of hydrogen-bond acceptors (Lipinski definition) is 5. The van der Waals surface area contributed by atoms with Crippen LogP contribution in [0.5, 0.6) is 0 Å². The number of aromatic nitrogens is 1. The predicted molar refractivity (Wildman–Crippen MR) is 54.3 cm³/mol. The van der Waals surface area contributed by atoms with E-state index in [1.165, 1.54) is 23.4 Å². The van der Waals surface area contributed by atoms with Crippen molar-refractivity contribution in [3.63, 3.8) is 0 Å². The van der Waals surface area contributed by atoms with Crippen LogP contribution in [-0.4, -0.2) is 42.5 Å². The molecule has 0 atom stereocenters. The minimum absolute atomic E-state index is 0.264. The summed E-state index contributed by atoms with van der Waals surface area (Å²) in [5.74, 6) is -0.973. The molecule has 0 aliphatic rings. The average Bonchev–Trinajstić information content (AvgIpc) is 2.29. The average molecular weight is 224 g/mol. The Bertz CT molecular complexity index is 364. The number of nitrogens with zero attached hydrogens (tertiary/aromatic N) is 2. The highest BCUT2D eigenvalue weighted by Gasteiger charge is 2.10. The highest BCUT2D eigenvalue weighted by atomic mass is 17.2. The van der Waals surface area contributed by atoms with E-state index in [4.69, 9.17) is 0 Å². The van der Waals surface area contributed by atoms with Gasteiger partial charge in [-0.3, -0.25) is 14.7 Å². The molecule has 0 aliphatic carbocycles. The SMILES string of the molecule is CN(C)C(=O)COOC(=O)c1cccnc1. The molecule has 0 fully saturated rings. The van der Waals surface area contributed by atoms with Crippen molar-refractivity contribution in [3.8, 4) is 0 Å². The lowest BCUT2D eigenvalue weighted by molar-refractivity contribution is -0.239. The molecule has 6 heteroatoms. The van der Waals surface area contributed by atoms with Crippen molar-refractivity contribution in [3.05, 3.63) is 30.1 Å². The molecule has 0 unspecified atom stereocenters. The lowest BCUT2D eigenvalue weighted by atomic mass is 10.3. The van der Waals surface area contributed by atoms with Crippen LogP contribution in [0.4, 0.5) is 0 Å². The normalized spacial score (nSPS) is 9.62. The van der Waals surface area contributed by atoms with E-state index in [1.54, 1.807) is 20.2 Å². The van der Waals surface area contributed by atoms with Crippen molar-refractivity contribution >= 4 is 11.9 Å². The van der Waals surface area contributed by atoms with Gasteiger partial charge in [0.05, 0.1) is 5.56 Å². The number of likely N-dealkylation sites (N-methyl/N-ethyl adjacent to an activating group) is 1. The third-order valence-corrected chi connectivity index (χ3v) is 1.71. The van der Waals surface area contributed by atoms with E-state index in [0.717, 1.165) is 0 Å². The van der Waals surface area contributed by atoms with E-state index in [9.17, 15) is 9.59 Å². The van der Waals surface area contributed by atoms with Gasteiger partial charge >= 0.3 is 5.97 Å². The van der Waals surface area contributed by atoms with Gasteiger partial charge in [0.1, 0.15) is 0 Å². The summed E-state index contributed by atoms with van der Waals surface area (Å²) in [6, 6.07) is 3.13. The molecule has 6 nitrogen and oxygen atoms in total. The summed E-state index contributed by atoms with van der Waals surface area (Å²) in [4.78, 5) is 36.3. The van der Waals surface area contributed by atoms with Gasteiger partial charge in [-0.05, 0) is 12.1 Å². The van der Waals surface area contributed by atoms with E-state index < -0.39 is 5.97 Å². The Morgan fingerprint density at radius 2 is 2.19 bits per heavy atom. The predicted octanol–water partition coefficient (Wildman–Crippen LogP) is 0.258. The van der Waals surface area contributed by atoms with Crippen molar-refractivity contribution in [1.29, 1.82) is 0 Å². The van der Waals surface area contributed by atoms with Gasteiger partial charge in [0.2, 0.25) is 0 Å². The summed E-state index contributed by atoms with van der Waals surface area (Å²) in [6.45, 7) is -0.307. The van der Waals surface area contributed by atoms with E-state index >= 15 is 0 Å². The second-order valence-corrected chi connectivity index (χ2v) is 3.16. The number of pyridine rings is 1. The first-order chi connectivity index (χ1) is 7.61. The van der Waals surface area contributed by atoms with Crippen molar-refractivity contribution in [1.82, 2.24) is 9.88 Å². The van der Waals surface area contributed by atoms with Crippen molar-refractivity contribution in [2.75, 3.05) is 20.7 Å². The maximum absolute atomic E-state index is 11.3. The van der Waals surface area contributed by atoms with E-state index in [1.807, 2.05) is 0 Å². The maximum atomic E-state index is 11.3. The van der Waals surface area contributed by atoms with Crippen LogP contribution in [0.1, 0.15) is 10.4 Å². The maximum Gasteiger partial charge on any atom is 0.374 e. The summed E-state index contributed by atoms with van der Waals surface area (Å²) in [7, 11) is 3.16. The van der Waals surface area contributed by atoms with Crippen LogP contribution in [0.25, 0.3) is 0 Å². The van der Waals surface area contributed by atoms with Gasteiger partial charge in [0, 0.05) is 26.5 Å². The number of amides is 1. The molecular weight excluding hydrogens is 212 g/mol. The lowest BCUT2D eigenvalue weighted by Gasteiger charge is -2.09. The van der Waals surface area contributed by atoms with E-state index in [2.05, 4.69) is 14.8 Å². The zero-order valence-electron chi connectivity index (χ0n) is 9.04. The quantitative estimate of drug-likeness (QED) is 0.542. The highest BCUT2D eigenvalue weighted by Crippen LogP contribution is 1.99. The van der Waals surface area contributed by atoms with Gasteiger partial charge in [0.25, 0.3) is 5.91 Å². The zero-order valence-corrected chi connectivity index (χ0v) is 9.04. The molecule has 1 amide bonds. The Morgan fingerprint density at radius 1 is 1.44 bits per heavy atom. The van der Waals surface area contributed by atoms with E-state index in [-0.39, 0.29) is 18.1 Å². The second-order valence-electron chi connectivity index (χ2n) is 3.16. The zero-order chi connectivity index (χ0) is 12.0. The van der Waals surface area contributed by atoms with Gasteiger partial charge in [-0.1, -0.05) is 0 Å². The Balaban J connectivity index is 2.34. The van der Waals surface area contributed by atoms with Gasteiger partial charge in [-0.15, -0.1) is 0 Å². The molecule has 1 heterocycles. The fourth-order valence-electron chi connectivity index (χ4n) is 0.794. The van der Waals surface area contributed by atoms with Gasteiger partial charge in [-0.25, -0.2) is 4.79 Å². The number of hydrogen-bond donors (Lipinski definition) is 0. The largest absolute Gasteiger partial charge is 0.374 e.